The Hall–Kier alpha value is -1.10. The number of carbonyl (C=O) groups excluding carboxylic acids is 1. The van der Waals surface area contributed by atoms with Crippen LogP contribution in [-0.4, -0.2) is 47.7 Å². The first-order valence-corrected chi connectivity index (χ1v) is 6.31. The molecule has 2 heterocycles. The topological polar surface area (TPSA) is 66.8 Å². The lowest BCUT2D eigenvalue weighted by Crippen LogP contribution is -2.51. The molecule has 2 aliphatic rings. The summed E-state index contributed by atoms with van der Waals surface area (Å²) in [5.41, 5.74) is 0. The molecule has 5 heteroatoms. The maximum Gasteiger partial charge on any atom is 0.326 e. The third kappa shape index (κ3) is 2.77. The van der Waals surface area contributed by atoms with Crippen molar-refractivity contribution in [2.75, 3.05) is 19.8 Å². The van der Waals surface area contributed by atoms with E-state index in [-0.39, 0.29) is 11.8 Å². The zero-order valence-electron chi connectivity index (χ0n) is 9.93. The maximum absolute atomic E-state index is 12.3. The predicted molar refractivity (Wildman–Crippen MR) is 60.5 cm³/mol. The highest BCUT2D eigenvalue weighted by Crippen LogP contribution is 2.23. The molecule has 1 amide bonds. The van der Waals surface area contributed by atoms with Crippen molar-refractivity contribution in [3.05, 3.63) is 0 Å². The number of hydrogen-bond acceptors (Lipinski definition) is 3. The fourth-order valence-electron chi connectivity index (χ4n) is 2.62. The molecule has 0 spiro atoms. The van der Waals surface area contributed by atoms with E-state index in [0.29, 0.717) is 26.2 Å². The number of likely N-dealkylation sites (tertiary alicyclic amines) is 1. The Morgan fingerprint density at radius 1 is 1.18 bits per heavy atom. The number of nitrogens with zero attached hydrogens (tertiary/aromatic N) is 1. The van der Waals surface area contributed by atoms with Crippen LogP contribution in [0.2, 0.25) is 0 Å². The molecule has 0 saturated carbocycles. The second-order valence-corrected chi connectivity index (χ2v) is 4.80. The number of aliphatic carboxylic acids is 1. The predicted octanol–water partition coefficient (Wildman–Crippen LogP) is 0.879. The fourth-order valence-corrected chi connectivity index (χ4v) is 2.62. The third-order valence-electron chi connectivity index (χ3n) is 3.58. The van der Waals surface area contributed by atoms with E-state index in [9.17, 15) is 9.59 Å². The van der Waals surface area contributed by atoms with Gasteiger partial charge in [-0.25, -0.2) is 4.79 Å². The van der Waals surface area contributed by atoms with Crippen LogP contribution in [0.5, 0.6) is 0 Å². The number of carboxylic acid groups (broad SMARTS) is 1. The van der Waals surface area contributed by atoms with Crippen LogP contribution in [0.4, 0.5) is 0 Å². The van der Waals surface area contributed by atoms with E-state index >= 15 is 0 Å². The first kappa shape index (κ1) is 12.4. The van der Waals surface area contributed by atoms with Crippen molar-refractivity contribution >= 4 is 11.9 Å². The zero-order chi connectivity index (χ0) is 12.3. The first-order valence-electron chi connectivity index (χ1n) is 6.31. The van der Waals surface area contributed by atoms with Crippen molar-refractivity contribution in [2.45, 2.75) is 38.1 Å². The normalized spacial score (nSPS) is 30.0. The highest BCUT2D eigenvalue weighted by atomic mass is 16.5. The van der Waals surface area contributed by atoms with Gasteiger partial charge in [0.15, 0.2) is 0 Å². The van der Waals surface area contributed by atoms with Crippen molar-refractivity contribution in [3.63, 3.8) is 0 Å². The first-order chi connectivity index (χ1) is 8.20. The molecule has 96 valence electrons. The average molecular weight is 241 g/mol. The molecule has 0 aromatic rings. The van der Waals surface area contributed by atoms with Gasteiger partial charge >= 0.3 is 5.97 Å². The highest BCUT2D eigenvalue weighted by molar-refractivity contribution is 5.85. The van der Waals surface area contributed by atoms with E-state index in [1.807, 2.05) is 0 Å². The van der Waals surface area contributed by atoms with E-state index in [0.717, 1.165) is 25.7 Å². The number of hydrogen-bond donors (Lipinski definition) is 1. The van der Waals surface area contributed by atoms with Crippen molar-refractivity contribution in [3.8, 4) is 0 Å². The van der Waals surface area contributed by atoms with Crippen LogP contribution in [0, 0.1) is 5.92 Å². The molecule has 5 nitrogen and oxygen atoms in total. The second kappa shape index (κ2) is 5.49. The smallest absolute Gasteiger partial charge is 0.326 e. The minimum atomic E-state index is -0.880. The highest BCUT2D eigenvalue weighted by Gasteiger charge is 2.35. The van der Waals surface area contributed by atoms with Crippen molar-refractivity contribution in [1.82, 2.24) is 4.90 Å². The summed E-state index contributed by atoms with van der Waals surface area (Å²) < 4.78 is 5.29. The van der Waals surface area contributed by atoms with Gasteiger partial charge in [-0.05, 0) is 32.1 Å². The van der Waals surface area contributed by atoms with Gasteiger partial charge in [0.25, 0.3) is 0 Å². The third-order valence-corrected chi connectivity index (χ3v) is 3.58. The molecule has 2 fully saturated rings. The van der Waals surface area contributed by atoms with Gasteiger partial charge in [0.05, 0.1) is 12.5 Å². The molecule has 2 atom stereocenters. The largest absolute Gasteiger partial charge is 0.480 e. The molecule has 1 unspecified atom stereocenters. The number of rotatable bonds is 2. The van der Waals surface area contributed by atoms with E-state index in [1.165, 1.54) is 0 Å². The van der Waals surface area contributed by atoms with Crippen LogP contribution < -0.4 is 0 Å². The lowest BCUT2D eigenvalue weighted by atomic mass is 9.96. The number of piperidine rings is 1. The van der Waals surface area contributed by atoms with Gasteiger partial charge in [-0.1, -0.05) is 0 Å². The van der Waals surface area contributed by atoms with Gasteiger partial charge in [0.1, 0.15) is 6.04 Å². The molecule has 2 saturated heterocycles. The maximum atomic E-state index is 12.3. The van der Waals surface area contributed by atoms with Crippen molar-refractivity contribution in [2.24, 2.45) is 5.92 Å². The van der Waals surface area contributed by atoms with Gasteiger partial charge in [-0.2, -0.15) is 0 Å². The molecule has 17 heavy (non-hydrogen) atoms. The minimum Gasteiger partial charge on any atom is -0.480 e. The molecule has 2 aliphatic heterocycles. The Morgan fingerprint density at radius 3 is 2.65 bits per heavy atom. The fraction of sp³-hybridized carbons (Fsp3) is 0.833. The van der Waals surface area contributed by atoms with Crippen LogP contribution in [0.25, 0.3) is 0 Å². The monoisotopic (exact) mass is 241 g/mol. The van der Waals surface area contributed by atoms with E-state index in [1.54, 1.807) is 4.90 Å². The van der Waals surface area contributed by atoms with Crippen LogP contribution in [-0.2, 0) is 14.3 Å². The molecule has 0 aromatic carbocycles. The molecule has 1 N–H and O–H groups in total. The summed E-state index contributed by atoms with van der Waals surface area (Å²) in [7, 11) is 0. The Labute approximate surface area is 101 Å². The Bertz CT molecular complexity index is 299. The number of ether oxygens (including phenoxy) is 1. The second-order valence-electron chi connectivity index (χ2n) is 4.80. The lowest BCUT2D eigenvalue weighted by molar-refractivity contribution is -0.156. The van der Waals surface area contributed by atoms with Crippen LogP contribution in [0.3, 0.4) is 0 Å². The van der Waals surface area contributed by atoms with Crippen molar-refractivity contribution in [1.29, 1.82) is 0 Å². The lowest BCUT2D eigenvalue weighted by Gasteiger charge is -2.36. The summed E-state index contributed by atoms with van der Waals surface area (Å²) in [5.74, 6) is -1.05. The summed E-state index contributed by atoms with van der Waals surface area (Å²) >= 11 is 0. The van der Waals surface area contributed by atoms with E-state index in [2.05, 4.69) is 0 Å². The Kier molecular flexibility index (Phi) is 3.99. The summed E-state index contributed by atoms with van der Waals surface area (Å²) in [6.45, 7) is 1.74. The molecule has 2 rings (SSSR count). The summed E-state index contributed by atoms with van der Waals surface area (Å²) in [6, 6.07) is -0.627. The summed E-state index contributed by atoms with van der Waals surface area (Å²) in [6.07, 6.45) is 4.09. The number of amides is 1. The van der Waals surface area contributed by atoms with Gasteiger partial charge in [0, 0.05) is 13.2 Å². The summed E-state index contributed by atoms with van der Waals surface area (Å²) in [5, 5.41) is 9.13. The van der Waals surface area contributed by atoms with E-state index in [4.69, 9.17) is 9.84 Å². The number of carbonyl (C=O) groups is 2. The van der Waals surface area contributed by atoms with Gasteiger partial charge in [-0.15, -0.1) is 0 Å². The van der Waals surface area contributed by atoms with Gasteiger partial charge < -0.3 is 14.7 Å². The van der Waals surface area contributed by atoms with E-state index < -0.39 is 12.0 Å². The molecular weight excluding hydrogens is 222 g/mol. The standard InChI is InChI=1S/C12H19NO4/c14-11(9-4-3-7-17-8-9)13-6-2-1-5-10(13)12(15)16/h9-10H,1-8H2,(H,15,16)/t9?,10-/m1/s1. The summed E-state index contributed by atoms with van der Waals surface area (Å²) in [4.78, 5) is 24.9. The number of carboxylic acids is 1. The molecule has 0 aliphatic carbocycles. The van der Waals surface area contributed by atoms with Gasteiger partial charge in [0.2, 0.25) is 5.91 Å². The molecule has 0 bridgehead atoms. The SMILES string of the molecule is O=C(O)[C@H]1CCCCN1C(=O)C1CCCOC1. The zero-order valence-corrected chi connectivity index (χ0v) is 9.93. The quantitative estimate of drug-likeness (QED) is 0.779. The minimum absolute atomic E-state index is 0.0307. The Balaban J connectivity index is 2.02. The van der Waals surface area contributed by atoms with Crippen LogP contribution >= 0.6 is 0 Å². The molecular formula is C12H19NO4. The molecule has 0 radical (unpaired) electrons. The molecule has 0 aromatic heterocycles. The van der Waals surface area contributed by atoms with Gasteiger partial charge in [-0.3, -0.25) is 4.79 Å². The average Bonchev–Trinajstić information content (AvgIpc) is 2.39. The van der Waals surface area contributed by atoms with Crippen molar-refractivity contribution < 1.29 is 19.4 Å². The Morgan fingerprint density at radius 2 is 2.00 bits per heavy atom. The van der Waals surface area contributed by atoms with Crippen LogP contribution in [0.15, 0.2) is 0 Å². The van der Waals surface area contributed by atoms with Crippen LogP contribution in [0.1, 0.15) is 32.1 Å².